The third-order valence-corrected chi connectivity index (χ3v) is 1.84. The van der Waals surface area contributed by atoms with Crippen LogP contribution in [0.15, 0.2) is 12.7 Å². The van der Waals surface area contributed by atoms with Crippen LogP contribution in [0.5, 0.6) is 0 Å². The maximum Gasteiger partial charge on any atom is 0.397 e. The fourth-order valence-corrected chi connectivity index (χ4v) is 0.615. The molecule has 0 aliphatic carbocycles. The summed E-state index contributed by atoms with van der Waals surface area (Å²) >= 11 is 0. The van der Waals surface area contributed by atoms with Gasteiger partial charge < -0.3 is 5.11 Å². The number of rotatable bonds is 6. The highest BCUT2D eigenvalue weighted by Crippen LogP contribution is 1.80. The minimum Gasteiger partial charge on any atom is -0.395 e. The van der Waals surface area contributed by atoms with Gasteiger partial charge in [0.25, 0.3) is 5.91 Å². The number of hydrogen-bond donors (Lipinski definition) is 3. The Bertz CT molecular complexity index is 316. The second-order valence-electron chi connectivity index (χ2n) is 2.58. The second kappa shape index (κ2) is 10.2. The molecular weight excluding hydrogens is 252 g/mol. The molecule has 9 heteroatoms. The van der Waals surface area contributed by atoms with Gasteiger partial charge in [0, 0.05) is 13.1 Å². The Hall–Kier alpha value is -1.00. The van der Waals surface area contributed by atoms with Crippen molar-refractivity contribution in [3.8, 4) is 0 Å². The first-order chi connectivity index (χ1) is 7.80. The number of likely N-dealkylation sites (N-methyl/N-ethyl adjacent to an activating group) is 1. The number of amides is 1. The number of aliphatic hydroxyl groups excluding tert-OH is 1. The minimum atomic E-state index is -4.16. The van der Waals surface area contributed by atoms with Crippen molar-refractivity contribution in [1.29, 1.82) is 0 Å². The van der Waals surface area contributed by atoms with Gasteiger partial charge in [0.1, 0.15) is 0 Å². The van der Waals surface area contributed by atoms with Crippen LogP contribution in [0.1, 0.15) is 6.92 Å². The normalized spacial score (nSPS) is 10.4. The summed E-state index contributed by atoms with van der Waals surface area (Å²) in [5.41, 5.74) is 2.53. The van der Waals surface area contributed by atoms with Gasteiger partial charge in [-0.25, -0.2) is 5.01 Å². The van der Waals surface area contributed by atoms with Gasteiger partial charge in [-0.2, -0.15) is 8.42 Å². The first-order valence-corrected chi connectivity index (χ1v) is 5.99. The predicted molar refractivity (Wildman–Crippen MR) is 61.2 cm³/mol. The Morgan fingerprint density at radius 1 is 1.59 bits per heavy atom. The topological polar surface area (TPSA) is 116 Å². The second-order valence-corrected chi connectivity index (χ2v) is 3.77. The molecular formula is C8H18N2O6S. The van der Waals surface area contributed by atoms with Gasteiger partial charge in [0.05, 0.1) is 13.7 Å². The number of carbonyl (C=O) groups excluding carboxylic acids is 1. The van der Waals surface area contributed by atoms with Crippen molar-refractivity contribution >= 4 is 16.3 Å². The zero-order valence-corrected chi connectivity index (χ0v) is 10.6. The first-order valence-electron chi connectivity index (χ1n) is 4.62. The molecule has 3 N–H and O–H groups in total. The zero-order valence-electron chi connectivity index (χ0n) is 9.79. The van der Waals surface area contributed by atoms with Crippen LogP contribution in [-0.2, 0) is 19.4 Å². The highest BCUT2D eigenvalue weighted by molar-refractivity contribution is 7.80. The Balaban J connectivity index is 0. The summed E-state index contributed by atoms with van der Waals surface area (Å²) in [4.78, 5) is 10.7. The van der Waals surface area contributed by atoms with Crippen LogP contribution in [-0.4, -0.2) is 55.8 Å². The molecule has 0 bridgehead atoms. The van der Waals surface area contributed by atoms with E-state index in [-0.39, 0.29) is 12.5 Å². The fourth-order valence-electron chi connectivity index (χ4n) is 0.615. The zero-order chi connectivity index (χ0) is 13.9. The molecule has 0 spiro atoms. The molecule has 0 saturated heterocycles. The number of nitrogens with one attached hydrogen (secondary N) is 1. The Kier molecular flexibility index (Phi) is 11.0. The van der Waals surface area contributed by atoms with E-state index in [9.17, 15) is 13.2 Å². The molecule has 0 atom stereocenters. The third-order valence-electron chi connectivity index (χ3n) is 1.42. The summed E-state index contributed by atoms with van der Waals surface area (Å²) in [6.07, 6.45) is 1.19. The molecule has 1 amide bonds. The number of nitrogens with zero attached hydrogens (tertiary/aromatic N) is 1. The van der Waals surface area contributed by atoms with E-state index in [1.54, 1.807) is 5.01 Å². The summed E-state index contributed by atoms with van der Waals surface area (Å²) in [5.74, 6) is -0.250. The van der Waals surface area contributed by atoms with Gasteiger partial charge in [-0.05, 0) is 6.08 Å². The number of hydrogen-bond acceptors (Lipinski definition) is 6. The van der Waals surface area contributed by atoms with Gasteiger partial charge in [-0.15, -0.1) is 0 Å². The van der Waals surface area contributed by atoms with E-state index in [0.29, 0.717) is 13.1 Å². The summed E-state index contributed by atoms with van der Waals surface area (Å²) in [7, 11) is -3.29. The van der Waals surface area contributed by atoms with Gasteiger partial charge in [0.15, 0.2) is 0 Å². The highest BCUT2D eigenvalue weighted by atomic mass is 32.3. The molecule has 0 aromatic carbocycles. The van der Waals surface area contributed by atoms with E-state index in [1.807, 2.05) is 6.92 Å². The van der Waals surface area contributed by atoms with Crippen molar-refractivity contribution in [1.82, 2.24) is 10.4 Å². The average Bonchev–Trinajstić information content (AvgIpc) is 2.28. The Morgan fingerprint density at radius 3 is 2.29 bits per heavy atom. The molecule has 0 unspecified atom stereocenters. The molecule has 0 heterocycles. The van der Waals surface area contributed by atoms with E-state index in [4.69, 9.17) is 9.66 Å². The average molecular weight is 270 g/mol. The van der Waals surface area contributed by atoms with Gasteiger partial charge >= 0.3 is 10.4 Å². The first kappa shape index (κ1) is 18.4. The lowest BCUT2D eigenvalue weighted by atomic mass is 10.5. The molecule has 0 aromatic heterocycles. The van der Waals surface area contributed by atoms with Crippen molar-refractivity contribution in [3.05, 3.63) is 12.7 Å². The highest BCUT2D eigenvalue weighted by Gasteiger charge is 2.01. The monoisotopic (exact) mass is 270 g/mol. The largest absolute Gasteiger partial charge is 0.397 e. The molecule has 0 fully saturated rings. The lowest BCUT2D eigenvalue weighted by Gasteiger charge is -2.18. The van der Waals surface area contributed by atoms with Crippen molar-refractivity contribution < 1.29 is 27.1 Å². The van der Waals surface area contributed by atoms with E-state index in [1.165, 1.54) is 6.08 Å². The summed E-state index contributed by atoms with van der Waals surface area (Å²) in [5, 5.41) is 10.1. The van der Waals surface area contributed by atoms with E-state index in [0.717, 1.165) is 7.11 Å². The van der Waals surface area contributed by atoms with Gasteiger partial charge in [-0.1, -0.05) is 13.5 Å². The standard InChI is InChI=1S/C7H14N2O2.CH4O4S/c1-3-7(11)8-9(4-2)5-6-10;1-5-6(2,3)4/h3,10H,1,4-6H2,2H3,(H,8,11);1H3,(H,2,3,4). The molecule has 0 aliphatic heterocycles. The number of carbonyl (C=O) groups is 1. The van der Waals surface area contributed by atoms with E-state index < -0.39 is 10.4 Å². The predicted octanol–water partition coefficient (Wildman–Crippen LogP) is -1.05. The van der Waals surface area contributed by atoms with E-state index >= 15 is 0 Å². The van der Waals surface area contributed by atoms with Crippen LogP contribution in [0.3, 0.4) is 0 Å². The fraction of sp³-hybridized carbons (Fsp3) is 0.625. The van der Waals surface area contributed by atoms with Crippen LogP contribution in [0.2, 0.25) is 0 Å². The smallest absolute Gasteiger partial charge is 0.395 e. The minimum absolute atomic E-state index is 0.0330. The van der Waals surface area contributed by atoms with Crippen molar-refractivity contribution in [2.24, 2.45) is 0 Å². The maximum atomic E-state index is 10.7. The van der Waals surface area contributed by atoms with Gasteiger partial charge in [0.2, 0.25) is 0 Å². The van der Waals surface area contributed by atoms with Crippen molar-refractivity contribution in [2.45, 2.75) is 6.92 Å². The molecule has 0 saturated carbocycles. The van der Waals surface area contributed by atoms with Crippen LogP contribution in [0, 0.1) is 0 Å². The molecule has 0 aliphatic rings. The Labute approximate surface area is 101 Å². The summed E-state index contributed by atoms with van der Waals surface area (Å²) < 4.78 is 29.7. The molecule has 0 aromatic rings. The van der Waals surface area contributed by atoms with Crippen LogP contribution in [0.4, 0.5) is 0 Å². The lowest BCUT2D eigenvalue weighted by Crippen LogP contribution is -2.42. The molecule has 8 nitrogen and oxygen atoms in total. The molecule has 102 valence electrons. The summed E-state index contributed by atoms with van der Waals surface area (Å²) in [6, 6.07) is 0. The van der Waals surface area contributed by atoms with Crippen LogP contribution in [0.25, 0.3) is 0 Å². The van der Waals surface area contributed by atoms with Crippen LogP contribution >= 0.6 is 0 Å². The quantitative estimate of drug-likeness (QED) is 0.320. The Morgan fingerprint density at radius 2 is 2.06 bits per heavy atom. The van der Waals surface area contributed by atoms with Crippen molar-refractivity contribution in [3.63, 3.8) is 0 Å². The third kappa shape index (κ3) is 15.0. The van der Waals surface area contributed by atoms with Crippen LogP contribution < -0.4 is 5.43 Å². The number of hydrazine groups is 1. The number of aliphatic hydroxyl groups is 1. The SMILES string of the molecule is C=CC(=O)NN(CC)CCO.COS(=O)(=O)O. The molecule has 17 heavy (non-hydrogen) atoms. The summed E-state index contributed by atoms with van der Waals surface area (Å²) in [6.45, 7) is 6.34. The van der Waals surface area contributed by atoms with Gasteiger partial charge in [-0.3, -0.25) is 19.0 Å². The molecule has 0 radical (unpaired) electrons. The molecule has 0 rings (SSSR count). The maximum absolute atomic E-state index is 10.7. The lowest BCUT2D eigenvalue weighted by molar-refractivity contribution is -0.121. The van der Waals surface area contributed by atoms with E-state index in [2.05, 4.69) is 16.2 Å². The van der Waals surface area contributed by atoms with Crippen molar-refractivity contribution in [2.75, 3.05) is 26.8 Å².